The molecule has 2 unspecified atom stereocenters. The van der Waals surface area contributed by atoms with Gasteiger partial charge in [0.25, 0.3) is 5.91 Å². The fourth-order valence-corrected chi connectivity index (χ4v) is 2.96. The molecule has 2 atom stereocenters. The minimum absolute atomic E-state index is 0.0111. The summed E-state index contributed by atoms with van der Waals surface area (Å²) in [5, 5.41) is 3.04. The van der Waals surface area contributed by atoms with E-state index in [0.717, 1.165) is 30.8 Å². The van der Waals surface area contributed by atoms with Gasteiger partial charge in [-0.15, -0.1) is 0 Å². The van der Waals surface area contributed by atoms with Crippen LogP contribution in [0.15, 0.2) is 18.2 Å². The van der Waals surface area contributed by atoms with E-state index in [1.807, 2.05) is 13.0 Å². The monoisotopic (exact) mass is 275 g/mol. The van der Waals surface area contributed by atoms with Crippen LogP contribution in [-0.2, 0) is 0 Å². The van der Waals surface area contributed by atoms with E-state index in [1.165, 1.54) is 19.3 Å². The molecule has 5 N–H and O–H groups in total. The van der Waals surface area contributed by atoms with E-state index >= 15 is 0 Å². The van der Waals surface area contributed by atoms with Crippen molar-refractivity contribution >= 4 is 11.6 Å². The average Bonchev–Trinajstić information content (AvgIpc) is 2.47. The smallest absolute Gasteiger partial charge is 0.251 e. The number of hydrogen-bond acceptors (Lipinski definition) is 3. The molecule has 110 valence electrons. The van der Waals surface area contributed by atoms with Gasteiger partial charge in [0, 0.05) is 17.8 Å². The summed E-state index contributed by atoms with van der Waals surface area (Å²) >= 11 is 0. The Hall–Kier alpha value is -1.55. The highest BCUT2D eigenvalue weighted by atomic mass is 16.1. The van der Waals surface area contributed by atoms with Crippen LogP contribution < -0.4 is 16.8 Å². The van der Waals surface area contributed by atoms with Crippen molar-refractivity contribution in [1.29, 1.82) is 0 Å². The lowest BCUT2D eigenvalue weighted by atomic mass is 9.81. The SMILES string of the molecule is Cc1cc(C(=O)NCC2CCCC(CN)C2)ccc1N. The molecule has 0 aromatic heterocycles. The van der Waals surface area contributed by atoms with E-state index in [9.17, 15) is 4.79 Å². The molecule has 1 saturated carbocycles. The molecule has 1 fully saturated rings. The molecule has 0 saturated heterocycles. The van der Waals surface area contributed by atoms with Gasteiger partial charge in [0.05, 0.1) is 0 Å². The molecule has 4 heteroatoms. The van der Waals surface area contributed by atoms with Crippen molar-refractivity contribution in [2.45, 2.75) is 32.6 Å². The average molecular weight is 275 g/mol. The molecule has 0 bridgehead atoms. The molecule has 1 aromatic carbocycles. The Bertz CT molecular complexity index is 473. The van der Waals surface area contributed by atoms with Crippen molar-refractivity contribution in [3.05, 3.63) is 29.3 Å². The van der Waals surface area contributed by atoms with Crippen LogP contribution in [0.4, 0.5) is 5.69 Å². The summed E-state index contributed by atoms with van der Waals surface area (Å²) in [6, 6.07) is 5.41. The molecule has 1 amide bonds. The number of hydrogen-bond donors (Lipinski definition) is 3. The van der Waals surface area contributed by atoms with E-state index in [4.69, 9.17) is 11.5 Å². The number of anilines is 1. The first kappa shape index (κ1) is 14.9. The second-order valence-electron chi connectivity index (χ2n) is 5.92. The normalized spacial score (nSPS) is 22.5. The number of nitrogen functional groups attached to an aromatic ring is 1. The molecule has 0 spiro atoms. The number of nitrogens with two attached hydrogens (primary N) is 2. The van der Waals surface area contributed by atoms with Gasteiger partial charge in [-0.25, -0.2) is 0 Å². The lowest BCUT2D eigenvalue weighted by Gasteiger charge is -2.28. The van der Waals surface area contributed by atoms with Gasteiger partial charge in [0.1, 0.15) is 0 Å². The van der Waals surface area contributed by atoms with Crippen molar-refractivity contribution in [2.75, 3.05) is 18.8 Å². The van der Waals surface area contributed by atoms with Gasteiger partial charge in [0.15, 0.2) is 0 Å². The topological polar surface area (TPSA) is 81.1 Å². The zero-order valence-corrected chi connectivity index (χ0v) is 12.2. The molecule has 20 heavy (non-hydrogen) atoms. The second kappa shape index (κ2) is 6.75. The first-order valence-corrected chi connectivity index (χ1v) is 7.44. The number of aryl methyl sites for hydroxylation is 1. The minimum Gasteiger partial charge on any atom is -0.399 e. The predicted molar refractivity (Wildman–Crippen MR) is 82.4 cm³/mol. The molecular formula is C16H25N3O. The summed E-state index contributed by atoms with van der Waals surface area (Å²) in [7, 11) is 0. The second-order valence-corrected chi connectivity index (χ2v) is 5.92. The standard InChI is InChI=1S/C16H25N3O/c1-11-7-14(5-6-15(11)18)16(20)19-10-13-4-2-3-12(8-13)9-17/h5-7,12-13H,2-4,8-10,17-18H2,1H3,(H,19,20). The largest absolute Gasteiger partial charge is 0.399 e. The maximum atomic E-state index is 12.1. The van der Waals surface area contributed by atoms with Crippen LogP contribution in [0.1, 0.15) is 41.6 Å². The molecule has 0 heterocycles. The van der Waals surface area contributed by atoms with E-state index in [1.54, 1.807) is 12.1 Å². The third-order valence-electron chi connectivity index (χ3n) is 4.31. The molecule has 1 aliphatic carbocycles. The summed E-state index contributed by atoms with van der Waals surface area (Å²) in [5.41, 5.74) is 13.9. The number of carbonyl (C=O) groups excluding carboxylic acids is 1. The third kappa shape index (κ3) is 3.73. The van der Waals surface area contributed by atoms with Gasteiger partial charge in [0.2, 0.25) is 0 Å². The zero-order valence-electron chi connectivity index (χ0n) is 12.2. The zero-order chi connectivity index (χ0) is 14.5. The van der Waals surface area contributed by atoms with Gasteiger partial charge < -0.3 is 16.8 Å². The van der Waals surface area contributed by atoms with Crippen LogP contribution in [0, 0.1) is 18.8 Å². The van der Waals surface area contributed by atoms with E-state index in [0.29, 0.717) is 17.4 Å². The predicted octanol–water partition coefficient (Wildman–Crippen LogP) is 2.07. The quantitative estimate of drug-likeness (QED) is 0.736. The Balaban J connectivity index is 1.87. The summed E-state index contributed by atoms with van der Waals surface area (Å²) in [5.74, 6) is 1.18. The minimum atomic E-state index is -0.0111. The maximum Gasteiger partial charge on any atom is 0.251 e. The number of amides is 1. The molecule has 0 radical (unpaired) electrons. The van der Waals surface area contributed by atoms with Gasteiger partial charge >= 0.3 is 0 Å². The van der Waals surface area contributed by atoms with E-state index < -0.39 is 0 Å². The van der Waals surface area contributed by atoms with Gasteiger partial charge in [-0.2, -0.15) is 0 Å². The third-order valence-corrected chi connectivity index (χ3v) is 4.31. The molecule has 1 aromatic rings. The van der Waals surface area contributed by atoms with Gasteiger partial charge in [-0.3, -0.25) is 4.79 Å². The highest BCUT2D eigenvalue weighted by Crippen LogP contribution is 2.27. The molecule has 2 rings (SSSR count). The summed E-state index contributed by atoms with van der Waals surface area (Å²) in [6.45, 7) is 3.43. The summed E-state index contributed by atoms with van der Waals surface area (Å²) < 4.78 is 0. The fourth-order valence-electron chi connectivity index (χ4n) is 2.96. The van der Waals surface area contributed by atoms with E-state index in [-0.39, 0.29) is 5.91 Å². The van der Waals surface area contributed by atoms with E-state index in [2.05, 4.69) is 5.32 Å². The highest BCUT2D eigenvalue weighted by Gasteiger charge is 2.21. The first-order chi connectivity index (χ1) is 9.60. The van der Waals surface area contributed by atoms with Crippen molar-refractivity contribution in [1.82, 2.24) is 5.32 Å². The van der Waals surface area contributed by atoms with Crippen molar-refractivity contribution in [3.8, 4) is 0 Å². The molecule has 0 aliphatic heterocycles. The van der Waals surface area contributed by atoms with Crippen molar-refractivity contribution in [3.63, 3.8) is 0 Å². The Kier molecular flexibility index (Phi) is 5.01. The number of nitrogens with one attached hydrogen (secondary N) is 1. The summed E-state index contributed by atoms with van der Waals surface area (Å²) in [6.07, 6.45) is 4.79. The summed E-state index contributed by atoms with van der Waals surface area (Å²) in [4.78, 5) is 12.1. The Morgan fingerprint density at radius 3 is 2.80 bits per heavy atom. The number of carbonyl (C=O) groups is 1. The first-order valence-electron chi connectivity index (χ1n) is 7.44. The van der Waals surface area contributed by atoms with Crippen LogP contribution >= 0.6 is 0 Å². The Morgan fingerprint density at radius 1 is 1.35 bits per heavy atom. The van der Waals surface area contributed by atoms with Gasteiger partial charge in [-0.05, 0) is 68.3 Å². The number of rotatable bonds is 4. The lowest BCUT2D eigenvalue weighted by molar-refractivity contribution is 0.0940. The number of benzene rings is 1. The van der Waals surface area contributed by atoms with Gasteiger partial charge in [-0.1, -0.05) is 6.42 Å². The van der Waals surface area contributed by atoms with Crippen LogP contribution in [0.5, 0.6) is 0 Å². The molecule has 1 aliphatic rings. The van der Waals surface area contributed by atoms with Crippen LogP contribution in [0.3, 0.4) is 0 Å². The highest BCUT2D eigenvalue weighted by molar-refractivity contribution is 5.94. The maximum absolute atomic E-state index is 12.1. The Morgan fingerprint density at radius 2 is 2.10 bits per heavy atom. The van der Waals surface area contributed by atoms with Crippen LogP contribution in [0.2, 0.25) is 0 Å². The lowest BCUT2D eigenvalue weighted by Crippen LogP contribution is -2.33. The van der Waals surface area contributed by atoms with Crippen molar-refractivity contribution < 1.29 is 4.79 Å². The Labute approximate surface area is 120 Å². The fraction of sp³-hybridized carbons (Fsp3) is 0.562. The van der Waals surface area contributed by atoms with Crippen molar-refractivity contribution in [2.24, 2.45) is 17.6 Å². The van der Waals surface area contributed by atoms with Crippen LogP contribution in [0.25, 0.3) is 0 Å². The molecular weight excluding hydrogens is 250 g/mol. The molecule has 4 nitrogen and oxygen atoms in total. The van der Waals surface area contributed by atoms with Crippen LogP contribution in [-0.4, -0.2) is 19.0 Å².